The first-order valence-electron chi connectivity index (χ1n) is 6.07. The number of nitrogens with zero attached hydrogens (tertiary/aromatic N) is 2. The molecule has 2 aromatic rings. The molecule has 1 aliphatic carbocycles. The molecule has 1 heterocycles. The van der Waals surface area contributed by atoms with E-state index in [0.717, 1.165) is 23.6 Å². The van der Waals surface area contributed by atoms with Crippen LogP contribution in [0.5, 0.6) is 5.75 Å². The van der Waals surface area contributed by atoms with Crippen molar-refractivity contribution < 1.29 is 4.74 Å². The molecule has 1 aromatic carbocycles. The summed E-state index contributed by atoms with van der Waals surface area (Å²) in [4.78, 5) is 0. The Bertz CT molecular complexity index is 527. The zero-order valence-electron chi connectivity index (χ0n) is 10.2. The highest BCUT2D eigenvalue weighted by atomic mass is 32.1. The third kappa shape index (κ3) is 2.18. The molecule has 0 radical (unpaired) electrons. The molecular formula is C13H15N3OS. The molecule has 0 spiro atoms. The van der Waals surface area contributed by atoms with E-state index in [4.69, 9.17) is 4.74 Å². The average Bonchev–Trinajstić information content (AvgIpc) is 2.91. The van der Waals surface area contributed by atoms with Gasteiger partial charge in [-0.2, -0.15) is 0 Å². The summed E-state index contributed by atoms with van der Waals surface area (Å²) in [5.41, 5.74) is 2.76. The van der Waals surface area contributed by atoms with E-state index >= 15 is 0 Å². The lowest BCUT2D eigenvalue weighted by atomic mass is 9.87. The first kappa shape index (κ1) is 11.5. The first-order chi connectivity index (χ1) is 8.86. The molecule has 3 rings (SSSR count). The SMILES string of the molecule is COc1ccc2c(c1)C(Nc1cnns1)CCC2. The zero-order chi connectivity index (χ0) is 12.4. The average molecular weight is 261 g/mol. The maximum absolute atomic E-state index is 5.31. The topological polar surface area (TPSA) is 47.0 Å². The number of anilines is 1. The molecule has 0 saturated heterocycles. The summed E-state index contributed by atoms with van der Waals surface area (Å²) in [5.74, 6) is 0.921. The van der Waals surface area contributed by atoms with Crippen molar-refractivity contribution in [2.24, 2.45) is 0 Å². The van der Waals surface area contributed by atoms with Crippen molar-refractivity contribution in [3.8, 4) is 5.75 Å². The summed E-state index contributed by atoms with van der Waals surface area (Å²) in [7, 11) is 1.71. The number of fused-ring (bicyclic) bond motifs is 1. The highest BCUT2D eigenvalue weighted by Crippen LogP contribution is 2.35. The maximum Gasteiger partial charge on any atom is 0.130 e. The van der Waals surface area contributed by atoms with E-state index in [1.165, 1.54) is 29.1 Å². The smallest absolute Gasteiger partial charge is 0.130 e. The molecule has 94 valence electrons. The molecule has 1 unspecified atom stereocenters. The van der Waals surface area contributed by atoms with Gasteiger partial charge in [0, 0.05) is 11.5 Å². The van der Waals surface area contributed by atoms with E-state index in [1.54, 1.807) is 13.3 Å². The fraction of sp³-hybridized carbons (Fsp3) is 0.385. The number of nitrogens with one attached hydrogen (secondary N) is 1. The van der Waals surface area contributed by atoms with Gasteiger partial charge in [0.1, 0.15) is 10.8 Å². The summed E-state index contributed by atoms with van der Waals surface area (Å²) in [6.45, 7) is 0. The van der Waals surface area contributed by atoms with Gasteiger partial charge in [0.15, 0.2) is 0 Å². The van der Waals surface area contributed by atoms with Crippen LogP contribution >= 0.6 is 11.5 Å². The van der Waals surface area contributed by atoms with Gasteiger partial charge in [0.25, 0.3) is 0 Å². The van der Waals surface area contributed by atoms with Crippen LogP contribution in [0, 0.1) is 0 Å². The third-order valence-corrected chi connectivity index (χ3v) is 3.94. The molecule has 0 bridgehead atoms. The number of ether oxygens (including phenoxy) is 1. The standard InChI is InChI=1S/C13H15N3OS/c1-17-10-6-5-9-3-2-4-12(11(9)7-10)15-13-8-14-16-18-13/h5-8,12,15H,2-4H2,1H3. The van der Waals surface area contributed by atoms with Crippen LogP contribution in [0.3, 0.4) is 0 Å². The molecule has 0 aliphatic heterocycles. The lowest BCUT2D eigenvalue weighted by molar-refractivity contribution is 0.413. The summed E-state index contributed by atoms with van der Waals surface area (Å²) < 4.78 is 9.20. The van der Waals surface area contributed by atoms with Gasteiger partial charge in [-0.3, -0.25) is 0 Å². The number of aromatic nitrogens is 2. The van der Waals surface area contributed by atoms with Crippen LogP contribution < -0.4 is 10.1 Å². The normalized spacial score (nSPS) is 18.2. The Labute approximate surface area is 110 Å². The van der Waals surface area contributed by atoms with Crippen LogP contribution in [0.25, 0.3) is 0 Å². The Kier molecular flexibility index (Phi) is 3.15. The van der Waals surface area contributed by atoms with E-state index in [-0.39, 0.29) is 0 Å². The quantitative estimate of drug-likeness (QED) is 0.922. The Balaban J connectivity index is 1.90. The Morgan fingerprint density at radius 2 is 2.39 bits per heavy atom. The molecule has 1 N–H and O–H groups in total. The fourth-order valence-electron chi connectivity index (χ4n) is 2.46. The van der Waals surface area contributed by atoms with E-state index in [2.05, 4.69) is 27.0 Å². The molecule has 5 heteroatoms. The van der Waals surface area contributed by atoms with Gasteiger partial charge in [-0.1, -0.05) is 10.6 Å². The van der Waals surface area contributed by atoms with Gasteiger partial charge < -0.3 is 10.1 Å². The number of benzene rings is 1. The van der Waals surface area contributed by atoms with Crippen molar-refractivity contribution in [1.29, 1.82) is 0 Å². The van der Waals surface area contributed by atoms with Crippen LogP contribution in [0.1, 0.15) is 30.0 Å². The fourth-order valence-corrected chi connectivity index (χ4v) is 2.93. The molecule has 1 atom stereocenters. The molecule has 0 saturated carbocycles. The monoisotopic (exact) mass is 261 g/mol. The van der Waals surface area contributed by atoms with Crippen LogP contribution in [0.15, 0.2) is 24.4 Å². The first-order valence-corrected chi connectivity index (χ1v) is 6.85. The Morgan fingerprint density at radius 1 is 1.44 bits per heavy atom. The van der Waals surface area contributed by atoms with E-state index in [9.17, 15) is 0 Å². The van der Waals surface area contributed by atoms with Crippen molar-refractivity contribution in [2.45, 2.75) is 25.3 Å². The molecular weight excluding hydrogens is 246 g/mol. The van der Waals surface area contributed by atoms with Gasteiger partial charge in [-0.25, -0.2) is 0 Å². The van der Waals surface area contributed by atoms with Crippen LogP contribution in [-0.4, -0.2) is 16.7 Å². The van der Waals surface area contributed by atoms with Gasteiger partial charge >= 0.3 is 0 Å². The predicted molar refractivity (Wildman–Crippen MR) is 72.2 cm³/mol. The van der Waals surface area contributed by atoms with Crippen LogP contribution in [0.2, 0.25) is 0 Å². The molecule has 0 amide bonds. The third-order valence-electron chi connectivity index (χ3n) is 3.35. The predicted octanol–water partition coefficient (Wildman–Crippen LogP) is 3.04. The van der Waals surface area contributed by atoms with Gasteiger partial charge in [0.2, 0.25) is 0 Å². The second-order valence-electron chi connectivity index (χ2n) is 4.44. The molecule has 0 fully saturated rings. The van der Waals surface area contributed by atoms with Crippen LogP contribution in [0.4, 0.5) is 5.00 Å². The number of aryl methyl sites for hydroxylation is 1. The number of rotatable bonds is 3. The molecule has 1 aromatic heterocycles. The second kappa shape index (κ2) is 4.94. The van der Waals surface area contributed by atoms with Crippen molar-refractivity contribution in [1.82, 2.24) is 9.59 Å². The highest BCUT2D eigenvalue weighted by Gasteiger charge is 2.21. The Morgan fingerprint density at radius 3 is 3.17 bits per heavy atom. The minimum Gasteiger partial charge on any atom is -0.497 e. The molecule has 18 heavy (non-hydrogen) atoms. The maximum atomic E-state index is 5.31. The van der Waals surface area contributed by atoms with Gasteiger partial charge in [-0.05, 0) is 42.5 Å². The number of hydrogen-bond donors (Lipinski definition) is 1. The lowest BCUT2D eigenvalue weighted by Crippen LogP contribution is -2.17. The van der Waals surface area contributed by atoms with Gasteiger partial charge in [-0.15, -0.1) is 5.10 Å². The lowest BCUT2D eigenvalue weighted by Gasteiger charge is -2.26. The largest absolute Gasteiger partial charge is 0.497 e. The summed E-state index contributed by atoms with van der Waals surface area (Å²) in [6, 6.07) is 6.69. The van der Waals surface area contributed by atoms with Gasteiger partial charge in [0.05, 0.1) is 19.3 Å². The number of methoxy groups -OCH3 is 1. The number of hydrogen-bond acceptors (Lipinski definition) is 5. The van der Waals surface area contributed by atoms with Crippen LogP contribution in [-0.2, 0) is 6.42 Å². The summed E-state index contributed by atoms with van der Waals surface area (Å²) >= 11 is 1.40. The summed E-state index contributed by atoms with van der Waals surface area (Å²) in [5, 5.41) is 8.39. The minimum absolute atomic E-state index is 0.339. The second-order valence-corrected chi connectivity index (χ2v) is 5.22. The Hall–Kier alpha value is -1.62. The van der Waals surface area contributed by atoms with E-state index < -0.39 is 0 Å². The van der Waals surface area contributed by atoms with Crippen molar-refractivity contribution in [3.63, 3.8) is 0 Å². The highest BCUT2D eigenvalue weighted by molar-refractivity contribution is 7.09. The van der Waals surface area contributed by atoms with E-state index in [1.807, 2.05) is 6.07 Å². The van der Waals surface area contributed by atoms with Crippen molar-refractivity contribution in [2.75, 3.05) is 12.4 Å². The summed E-state index contributed by atoms with van der Waals surface area (Å²) in [6.07, 6.45) is 5.28. The molecule has 4 nitrogen and oxygen atoms in total. The zero-order valence-corrected chi connectivity index (χ0v) is 11.0. The molecule has 1 aliphatic rings. The van der Waals surface area contributed by atoms with Crippen molar-refractivity contribution in [3.05, 3.63) is 35.5 Å². The van der Waals surface area contributed by atoms with E-state index in [0.29, 0.717) is 6.04 Å². The van der Waals surface area contributed by atoms with Crippen molar-refractivity contribution >= 4 is 16.5 Å². The minimum atomic E-state index is 0.339.